The van der Waals surface area contributed by atoms with Gasteiger partial charge >= 0.3 is 12.1 Å². The average Bonchev–Trinajstić information content (AvgIpc) is 3.19. The number of aromatic nitrogens is 4. The molecule has 2 aromatic rings. The van der Waals surface area contributed by atoms with Crippen LogP contribution in [0.2, 0.25) is 0 Å². The molecular weight excluding hydrogens is 438 g/mol. The monoisotopic (exact) mass is 473 g/mol. The van der Waals surface area contributed by atoms with Crippen molar-refractivity contribution in [2.24, 2.45) is 13.0 Å². The molecule has 2 atom stereocenters. The fraction of sp³-hybridized carbons (Fsp3) is 0.625. The summed E-state index contributed by atoms with van der Waals surface area (Å²) in [6.07, 6.45) is 5.44. The Morgan fingerprint density at radius 3 is 2.76 bits per heavy atom. The van der Waals surface area contributed by atoms with Gasteiger partial charge in [0.2, 0.25) is 0 Å². The first-order valence-electron chi connectivity index (χ1n) is 11.9. The van der Waals surface area contributed by atoms with E-state index in [1.807, 2.05) is 13.0 Å². The van der Waals surface area contributed by atoms with Gasteiger partial charge in [-0.3, -0.25) is 4.79 Å². The van der Waals surface area contributed by atoms with E-state index in [1.54, 1.807) is 29.7 Å². The maximum absolute atomic E-state index is 12.3. The van der Waals surface area contributed by atoms with Gasteiger partial charge in [-0.15, -0.1) is 5.10 Å². The van der Waals surface area contributed by atoms with Gasteiger partial charge < -0.3 is 19.5 Å². The molecule has 1 aliphatic carbocycles. The van der Waals surface area contributed by atoms with Crippen LogP contribution in [0.15, 0.2) is 12.1 Å². The quantitative estimate of drug-likeness (QED) is 0.515. The summed E-state index contributed by atoms with van der Waals surface area (Å²) < 4.78 is 13.2. The molecule has 10 heteroatoms. The van der Waals surface area contributed by atoms with E-state index < -0.39 is 5.97 Å². The van der Waals surface area contributed by atoms with Crippen molar-refractivity contribution in [1.82, 2.24) is 24.9 Å². The summed E-state index contributed by atoms with van der Waals surface area (Å²) >= 11 is 0. The van der Waals surface area contributed by atoms with Crippen molar-refractivity contribution in [2.75, 3.05) is 13.6 Å². The van der Waals surface area contributed by atoms with Gasteiger partial charge in [0.15, 0.2) is 0 Å². The Morgan fingerprint density at radius 1 is 1.26 bits per heavy atom. The van der Waals surface area contributed by atoms with E-state index in [-0.39, 0.29) is 24.7 Å². The predicted octanol–water partition coefficient (Wildman–Crippen LogP) is 3.97. The van der Waals surface area contributed by atoms with Gasteiger partial charge in [-0.1, -0.05) is 25.0 Å². The highest BCUT2D eigenvalue weighted by molar-refractivity contribution is 5.70. The number of aryl methyl sites for hydroxylation is 2. The number of aliphatic carboxylic acids is 1. The molecular formula is C24H35N5O5. The molecule has 0 aliphatic heterocycles. The summed E-state index contributed by atoms with van der Waals surface area (Å²) in [5, 5.41) is 17.6. The van der Waals surface area contributed by atoms with Crippen molar-refractivity contribution in [1.29, 1.82) is 0 Å². The maximum atomic E-state index is 12.3. The minimum absolute atomic E-state index is 0.0351. The number of hydrogen-bond acceptors (Lipinski definition) is 7. The molecule has 0 saturated heterocycles. The van der Waals surface area contributed by atoms with E-state index in [4.69, 9.17) is 9.47 Å². The molecule has 1 aliphatic rings. The highest BCUT2D eigenvalue weighted by Crippen LogP contribution is 2.30. The number of carboxylic acids is 1. The molecule has 1 amide bonds. The summed E-state index contributed by atoms with van der Waals surface area (Å²) in [5.74, 6) is -0.492. The van der Waals surface area contributed by atoms with Crippen LogP contribution in [0, 0.1) is 12.8 Å². The van der Waals surface area contributed by atoms with Gasteiger partial charge in [-0.2, -0.15) is 0 Å². The normalized spacial score (nSPS) is 17.9. The van der Waals surface area contributed by atoms with Crippen molar-refractivity contribution in [3.8, 4) is 17.1 Å². The molecule has 0 radical (unpaired) electrons. The number of rotatable bonds is 10. The Hall–Kier alpha value is -3.17. The summed E-state index contributed by atoms with van der Waals surface area (Å²) in [6.45, 7) is 4.65. The van der Waals surface area contributed by atoms with E-state index in [0.29, 0.717) is 47.9 Å². The first-order chi connectivity index (χ1) is 16.3. The number of unbranched alkanes of at least 4 members (excludes halogenated alkanes) is 2. The molecule has 2 heterocycles. The van der Waals surface area contributed by atoms with Crippen LogP contribution in [-0.2, 0) is 23.2 Å². The van der Waals surface area contributed by atoms with E-state index >= 15 is 0 Å². The molecule has 186 valence electrons. The van der Waals surface area contributed by atoms with Gasteiger partial charge in [-0.05, 0) is 51.2 Å². The average molecular weight is 474 g/mol. The molecule has 34 heavy (non-hydrogen) atoms. The van der Waals surface area contributed by atoms with Crippen molar-refractivity contribution < 1.29 is 24.2 Å². The van der Waals surface area contributed by atoms with Crippen LogP contribution >= 0.6 is 0 Å². The van der Waals surface area contributed by atoms with Crippen molar-refractivity contribution in [3.63, 3.8) is 0 Å². The molecule has 10 nitrogen and oxygen atoms in total. The second-order valence-corrected chi connectivity index (χ2v) is 8.91. The number of hydrogen-bond donors (Lipinski definition) is 1. The van der Waals surface area contributed by atoms with Gasteiger partial charge in [0.1, 0.15) is 23.7 Å². The lowest BCUT2D eigenvalue weighted by atomic mass is 9.87. The van der Waals surface area contributed by atoms with Crippen molar-refractivity contribution in [2.45, 2.75) is 71.5 Å². The van der Waals surface area contributed by atoms with E-state index in [2.05, 4.69) is 22.2 Å². The zero-order valence-electron chi connectivity index (χ0n) is 20.5. The van der Waals surface area contributed by atoms with Crippen LogP contribution in [0.5, 0.6) is 5.75 Å². The maximum Gasteiger partial charge on any atom is 0.409 e. The molecule has 0 bridgehead atoms. The summed E-state index contributed by atoms with van der Waals surface area (Å²) in [5.41, 5.74) is 2.47. The number of pyridine rings is 1. The standard InChI is InChI=1S/C24H35N5O5/c1-5-6-7-13-28(3)24(32)33-15-20-22(26-27-29(20)4)19-11-12-21(16(2)25-19)34-18-10-8-9-17(14-18)23(30)31/h11-12,17-18H,5-10,13-15H2,1-4H3,(H,30,31)/t17-,18-/m0/s1. The van der Waals surface area contributed by atoms with Crippen LogP contribution in [-0.4, -0.2) is 61.7 Å². The minimum atomic E-state index is -0.762. The third kappa shape index (κ3) is 6.45. The smallest absolute Gasteiger partial charge is 0.409 e. The van der Waals surface area contributed by atoms with Gasteiger partial charge in [0.25, 0.3) is 0 Å². The number of ether oxygens (including phenoxy) is 2. The van der Waals surface area contributed by atoms with Gasteiger partial charge in [0, 0.05) is 20.6 Å². The Balaban J connectivity index is 1.66. The van der Waals surface area contributed by atoms with Crippen LogP contribution < -0.4 is 4.74 Å². The largest absolute Gasteiger partial charge is 0.489 e. The SMILES string of the molecule is CCCCCN(C)C(=O)OCc1c(-c2ccc(O[C@H]3CCC[C@H](C(=O)O)C3)c(C)n2)nnn1C. The number of carbonyl (C=O) groups excluding carboxylic acids is 1. The number of carbonyl (C=O) groups is 2. The summed E-state index contributed by atoms with van der Waals surface area (Å²) in [7, 11) is 3.48. The molecule has 2 aromatic heterocycles. The molecule has 1 fully saturated rings. The first-order valence-corrected chi connectivity index (χ1v) is 11.9. The third-order valence-corrected chi connectivity index (χ3v) is 6.23. The highest BCUT2D eigenvalue weighted by Gasteiger charge is 2.28. The summed E-state index contributed by atoms with van der Waals surface area (Å²) in [4.78, 5) is 29.9. The fourth-order valence-electron chi connectivity index (χ4n) is 4.13. The number of amides is 1. The minimum Gasteiger partial charge on any atom is -0.489 e. The second kappa shape index (κ2) is 11.8. The Morgan fingerprint density at radius 2 is 2.06 bits per heavy atom. The fourth-order valence-corrected chi connectivity index (χ4v) is 4.13. The molecule has 0 spiro atoms. The zero-order chi connectivity index (χ0) is 24.7. The van der Waals surface area contributed by atoms with Crippen LogP contribution in [0.25, 0.3) is 11.4 Å². The lowest BCUT2D eigenvalue weighted by Crippen LogP contribution is -2.29. The number of nitrogens with zero attached hydrogens (tertiary/aromatic N) is 5. The second-order valence-electron chi connectivity index (χ2n) is 8.91. The van der Waals surface area contributed by atoms with E-state index in [0.717, 1.165) is 32.1 Å². The molecule has 1 saturated carbocycles. The van der Waals surface area contributed by atoms with Crippen molar-refractivity contribution >= 4 is 12.1 Å². The zero-order valence-corrected chi connectivity index (χ0v) is 20.5. The first kappa shape index (κ1) is 25.5. The van der Waals surface area contributed by atoms with E-state index in [9.17, 15) is 14.7 Å². The Kier molecular flexibility index (Phi) is 8.84. The molecule has 3 rings (SSSR count). The Labute approximate surface area is 200 Å². The summed E-state index contributed by atoms with van der Waals surface area (Å²) in [6, 6.07) is 3.63. The van der Waals surface area contributed by atoms with Crippen molar-refractivity contribution in [3.05, 3.63) is 23.5 Å². The predicted molar refractivity (Wildman–Crippen MR) is 125 cm³/mol. The van der Waals surface area contributed by atoms with Crippen LogP contribution in [0.1, 0.15) is 63.3 Å². The highest BCUT2D eigenvalue weighted by atomic mass is 16.6. The lowest BCUT2D eigenvalue weighted by Gasteiger charge is -2.27. The topological polar surface area (TPSA) is 120 Å². The van der Waals surface area contributed by atoms with Gasteiger partial charge in [0.05, 0.1) is 23.4 Å². The molecule has 1 N–H and O–H groups in total. The molecule has 0 unspecified atom stereocenters. The van der Waals surface area contributed by atoms with Crippen LogP contribution in [0.4, 0.5) is 4.79 Å². The number of carboxylic acid groups (broad SMARTS) is 1. The third-order valence-electron chi connectivity index (χ3n) is 6.23. The lowest BCUT2D eigenvalue weighted by molar-refractivity contribution is -0.143. The van der Waals surface area contributed by atoms with E-state index in [1.165, 1.54) is 0 Å². The van der Waals surface area contributed by atoms with Gasteiger partial charge in [-0.25, -0.2) is 14.5 Å². The Bertz CT molecular complexity index is 992. The molecule has 0 aromatic carbocycles. The van der Waals surface area contributed by atoms with Crippen LogP contribution in [0.3, 0.4) is 0 Å².